The first-order valence-corrected chi connectivity index (χ1v) is 19.0. The molecule has 0 rings (SSSR count). The zero-order valence-corrected chi connectivity index (χ0v) is 37.3. The van der Waals surface area contributed by atoms with E-state index in [4.69, 9.17) is 11.5 Å². The topological polar surface area (TPSA) is 211 Å². The van der Waals surface area contributed by atoms with Crippen LogP contribution in [-0.2, 0) is 28.8 Å². The third-order valence-electron chi connectivity index (χ3n) is 8.27. The molecule has 12 nitrogen and oxygen atoms in total. The average Bonchev–Trinajstić information content (AvgIpc) is 3.05. The summed E-state index contributed by atoms with van der Waals surface area (Å²) in [6.07, 6.45) is 3.90. The fourth-order valence-corrected chi connectivity index (χ4v) is 2.49. The molecule has 0 saturated heterocycles. The van der Waals surface area contributed by atoms with Gasteiger partial charge in [0.05, 0.1) is 0 Å². The molecule has 0 aliphatic heterocycles. The molecule has 0 aromatic rings. The van der Waals surface area contributed by atoms with Gasteiger partial charge in [-0.1, -0.05) is 176 Å². The molecular weight excluding hydrogens is 745 g/mol. The molecule has 0 aliphatic rings. The standard InChI is InChI=1S/C15H30N2O2.C10H21NO2.2C5H11NO.C5H10O.6CH4.B.H2/c1-8-10(3)12(18)16-14(15(5,6)7)17-13(19)11(4)9-2;1-6-7(2)8(12)11-9(13)10(3,4)5;2*1-3-4(2)5(6)7;1-5(2,3)4-6;;;;;;;;/h10-11,14H,8-9H2,1-7H3,(H,16,18)(H,17,19);7,9,13H,6H2,1-5H3,(H,11,12);2*4H,3H2,1-2H3,(H2,6,7);4H,1-3H3;6*1H4;;1H/i;;;;;;;;;;;;1+1. The van der Waals surface area contributed by atoms with Gasteiger partial charge in [-0.15, -0.1) is 0 Å². The van der Waals surface area contributed by atoms with Crippen molar-refractivity contribution >= 4 is 44.2 Å². The summed E-state index contributed by atoms with van der Waals surface area (Å²) in [5.41, 5.74) is 9.16. The van der Waals surface area contributed by atoms with Gasteiger partial charge in [-0.3, -0.25) is 24.0 Å². The molecule has 6 unspecified atom stereocenters. The zero-order chi connectivity index (χ0) is 42.8. The lowest BCUT2D eigenvalue weighted by atomic mass is 9.91. The monoisotopic (exact) mass is 856 g/mol. The van der Waals surface area contributed by atoms with E-state index in [-0.39, 0.29) is 136 Å². The van der Waals surface area contributed by atoms with E-state index in [2.05, 4.69) is 16.0 Å². The van der Waals surface area contributed by atoms with E-state index in [1.807, 2.05) is 132 Å². The lowest BCUT2D eigenvalue weighted by Crippen LogP contribution is -2.56. The first-order valence-electron chi connectivity index (χ1n) is 19.0. The van der Waals surface area contributed by atoms with E-state index in [1.54, 1.807) is 0 Å². The van der Waals surface area contributed by atoms with Crippen LogP contribution in [0.5, 0.6) is 0 Å². The zero-order valence-electron chi connectivity index (χ0n) is 37.3. The van der Waals surface area contributed by atoms with Crippen LogP contribution in [0.15, 0.2) is 0 Å². The maximum Gasteiger partial charge on any atom is 0.224 e. The Morgan fingerprint density at radius 1 is 0.508 bits per heavy atom. The van der Waals surface area contributed by atoms with Gasteiger partial charge in [0.15, 0.2) is 0 Å². The Bertz CT molecular complexity index is 986. The molecule has 0 saturated carbocycles. The molecule has 6 atom stereocenters. The summed E-state index contributed by atoms with van der Waals surface area (Å²) >= 11 is 0. The fraction of sp³-hybridized carbons (Fsp3) is 0.870. The maximum atomic E-state index is 12.0. The minimum atomic E-state index is -0.769. The molecule has 5 amide bonds. The van der Waals surface area contributed by atoms with Crippen LogP contribution in [-0.4, -0.2) is 61.7 Å². The van der Waals surface area contributed by atoms with Crippen molar-refractivity contribution in [2.75, 3.05) is 0 Å². The van der Waals surface area contributed by atoms with Gasteiger partial charge >= 0.3 is 0 Å². The Labute approximate surface area is 372 Å². The Hall–Kier alpha value is -2.96. The van der Waals surface area contributed by atoms with Gasteiger partial charge in [0.1, 0.15) is 18.7 Å². The molecule has 0 bridgehead atoms. The molecule has 0 aromatic heterocycles. The number of aldehydes is 1. The minimum Gasteiger partial charge on any atom is -0.373 e. The summed E-state index contributed by atoms with van der Waals surface area (Å²) in [6.45, 7) is 36.4. The highest BCUT2D eigenvalue weighted by molar-refractivity contribution is 5.81. The third kappa shape index (κ3) is 53.0. The number of aliphatic hydroxyl groups is 1. The molecule has 0 spiro atoms. The van der Waals surface area contributed by atoms with Gasteiger partial charge in [0.2, 0.25) is 29.5 Å². The van der Waals surface area contributed by atoms with Crippen molar-refractivity contribution in [1.82, 2.24) is 16.0 Å². The Kier molecular flexibility index (Phi) is 66.2. The SMILES string of the molecule is C.C.C.C.C.C.CC(C)(C)C=O.CCC(C)C(=O)NC(NC(=O)C(C)CC)C(C)(C)C.CCC(C)C(=O)NC(O)C(C)(C)C.CCC(C)C(N)=O.CCC(C)C(N)=O.[2HH].[B]. The number of amides is 5. The maximum absolute atomic E-state index is 12.0. The van der Waals surface area contributed by atoms with E-state index in [9.17, 15) is 33.9 Å². The van der Waals surface area contributed by atoms with Gasteiger partial charge in [0, 0.05) is 55.7 Å². The number of carbonyl (C=O) groups excluding carboxylic acids is 6. The van der Waals surface area contributed by atoms with Gasteiger partial charge in [-0.05, 0) is 32.1 Å². The van der Waals surface area contributed by atoms with Crippen LogP contribution in [0.4, 0.5) is 0 Å². The number of nitrogens with one attached hydrogen (secondary N) is 3. The van der Waals surface area contributed by atoms with E-state index in [1.165, 1.54) is 0 Å². The number of carbonyl (C=O) groups is 6. The van der Waals surface area contributed by atoms with Crippen LogP contribution >= 0.6 is 0 Å². The molecule has 0 aromatic carbocycles. The highest BCUT2D eigenvalue weighted by atomic mass is 16.3. The Morgan fingerprint density at radius 3 is 0.831 bits per heavy atom. The van der Waals surface area contributed by atoms with Crippen molar-refractivity contribution in [2.24, 2.45) is 57.3 Å². The molecule has 0 heterocycles. The van der Waals surface area contributed by atoms with Crippen molar-refractivity contribution in [3.8, 4) is 0 Å². The van der Waals surface area contributed by atoms with Gasteiger partial charge < -0.3 is 37.3 Å². The highest BCUT2D eigenvalue weighted by Gasteiger charge is 2.30. The number of hydrogen-bond acceptors (Lipinski definition) is 7. The van der Waals surface area contributed by atoms with Crippen molar-refractivity contribution in [3.63, 3.8) is 0 Å². The first-order chi connectivity index (χ1) is 23.3. The van der Waals surface area contributed by atoms with E-state index in [0.29, 0.717) is 0 Å². The first kappa shape index (κ1) is 87.5. The summed E-state index contributed by atoms with van der Waals surface area (Å²) in [5.74, 6) is -0.527. The summed E-state index contributed by atoms with van der Waals surface area (Å²) in [5, 5.41) is 18.0. The average molecular weight is 856 g/mol. The van der Waals surface area contributed by atoms with E-state index >= 15 is 0 Å². The number of hydrogen-bond donors (Lipinski definition) is 6. The van der Waals surface area contributed by atoms with Crippen LogP contribution in [0.25, 0.3) is 0 Å². The third-order valence-corrected chi connectivity index (χ3v) is 8.27. The van der Waals surface area contributed by atoms with Crippen molar-refractivity contribution < 1.29 is 35.3 Å². The minimum absolute atomic E-state index is 0. The molecule has 8 N–H and O–H groups in total. The predicted molar refractivity (Wildman–Crippen MR) is 263 cm³/mol. The van der Waals surface area contributed by atoms with Crippen LogP contribution in [0, 0.1) is 45.8 Å². The summed E-state index contributed by atoms with van der Waals surface area (Å²) in [7, 11) is 0. The van der Waals surface area contributed by atoms with Crippen molar-refractivity contribution in [1.29, 1.82) is 0 Å². The molecule has 363 valence electrons. The summed E-state index contributed by atoms with van der Waals surface area (Å²) in [6, 6.07) is 0. The van der Waals surface area contributed by atoms with E-state index < -0.39 is 6.23 Å². The second-order valence-electron chi connectivity index (χ2n) is 16.9. The second-order valence-corrected chi connectivity index (χ2v) is 16.9. The highest BCUT2D eigenvalue weighted by Crippen LogP contribution is 2.19. The van der Waals surface area contributed by atoms with E-state index in [0.717, 1.165) is 38.4 Å². The predicted octanol–water partition coefficient (Wildman–Crippen LogP) is 10.1. The van der Waals surface area contributed by atoms with Crippen LogP contribution in [0.1, 0.15) is 210 Å². The summed E-state index contributed by atoms with van der Waals surface area (Å²) in [4.78, 5) is 65.5. The van der Waals surface area contributed by atoms with Crippen LogP contribution < -0.4 is 27.4 Å². The number of nitrogens with two attached hydrogens (primary N) is 2. The quantitative estimate of drug-likeness (QED) is 0.0599. The summed E-state index contributed by atoms with van der Waals surface area (Å²) < 4.78 is 0. The lowest BCUT2D eigenvalue weighted by Gasteiger charge is -2.33. The smallest absolute Gasteiger partial charge is 0.224 e. The Morgan fingerprint density at radius 2 is 0.712 bits per heavy atom. The molecule has 59 heavy (non-hydrogen) atoms. The van der Waals surface area contributed by atoms with Gasteiger partial charge in [0.25, 0.3) is 0 Å². The van der Waals surface area contributed by atoms with Gasteiger partial charge in [-0.25, -0.2) is 0 Å². The fourth-order valence-electron chi connectivity index (χ4n) is 2.49. The molecule has 0 aliphatic carbocycles. The second kappa shape index (κ2) is 44.6. The number of rotatable bonds is 13. The largest absolute Gasteiger partial charge is 0.373 e. The lowest BCUT2D eigenvalue weighted by molar-refractivity contribution is -0.131. The molecule has 3 radical (unpaired) electrons. The van der Waals surface area contributed by atoms with Crippen LogP contribution in [0.2, 0.25) is 0 Å². The number of aliphatic hydroxyl groups excluding tert-OH is 1. The van der Waals surface area contributed by atoms with Gasteiger partial charge in [-0.2, -0.15) is 0 Å². The van der Waals surface area contributed by atoms with Crippen molar-refractivity contribution in [2.45, 2.75) is 221 Å². The number of primary amides is 2. The van der Waals surface area contributed by atoms with Crippen LogP contribution in [0.3, 0.4) is 0 Å². The molecular formula is C46H109BN5O7. The molecule has 13 heteroatoms. The normalized spacial score (nSPS) is 13.2. The molecule has 0 fully saturated rings. The Balaban J connectivity index is -0.0000000433. The van der Waals surface area contributed by atoms with Crippen molar-refractivity contribution in [3.05, 3.63) is 0 Å².